The van der Waals surface area contributed by atoms with Crippen LogP contribution in [-0.2, 0) is 19.3 Å². The van der Waals surface area contributed by atoms with E-state index in [0.29, 0.717) is 37.2 Å². The van der Waals surface area contributed by atoms with Crippen molar-refractivity contribution < 1.29 is 26.7 Å². The van der Waals surface area contributed by atoms with Gasteiger partial charge in [-0.1, -0.05) is 12.1 Å². The molecule has 1 aromatic carbocycles. The highest BCUT2D eigenvalue weighted by molar-refractivity contribution is 5.93. The summed E-state index contributed by atoms with van der Waals surface area (Å²) in [6.07, 6.45) is -0.633. The summed E-state index contributed by atoms with van der Waals surface area (Å²) in [6, 6.07) is 6.33. The van der Waals surface area contributed by atoms with E-state index in [-0.39, 0.29) is 35.8 Å². The van der Waals surface area contributed by atoms with Crippen LogP contribution in [0.25, 0.3) is 0 Å². The lowest BCUT2D eigenvalue weighted by atomic mass is 10.00. The molecule has 0 radical (unpaired) electrons. The molecule has 3 aromatic rings. The Kier molecular flexibility index (Phi) is 6.66. The standard InChI is InChI=1S/C28H29F5N6O/c1-17-4-2-6-22(29)24(17)36-12-9-20(10-13-36)37-14-19-15-39(25(30)18-7-8-18)35-26(19)38(27(37)40)16-23-21(28(31,32)33)5-3-11-34-23/h2-6,11,15,18,20,25H,7-10,12-14,16H2,1H3. The van der Waals surface area contributed by atoms with Gasteiger partial charge in [-0.05, 0) is 56.4 Å². The highest BCUT2D eigenvalue weighted by Gasteiger charge is 2.42. The summed E-state index contributed by atoms with van der Waals surface area (Å²) in [5.41, 5.74) is 0.688. The second-order valence-corrected chi connectivity index (χ2v) is 10.8. The number of anilines is 2. The average molecular weight is 561 g/mol. The average Bonchev–Trinajstić information content (AvgIpc) is 3.68. The lowest BCUT2D eigenvalue weighted by Crippen LogP contribution is -2.54. The van der Waals surface area contributed by atoms with Crippen LogP contribution in [0.1, 0.15) is 54.4 Å². The number of aromatic nitrogens is 3. The molecule has 7 nitrogen and oxygen atoms in total. The summed E-state index contributed by atoms with van der Waals surface area (Å²) in [5.74, 6) is -0.300. The molecule has 1 atom stereocenters. The number of piperidine rings is 1. The number of nitrogens with zero attached hydrogens (tertiary/aromatic N) is 6. The van der Waals surface area contributed by atoms with Gasteiger partial charge in [0.05, 0.1) is 30.0 Å². The number of benzene rings is 1. The first-order valence-corrected chi connectivity index (χ1v) is 13.4. The quantitative estimate of drug-likeness (QED) is 0.335. The van der Waals surface area contributed by atoms with Gasteiger partial charge in [-0.3, -0.25) is 9.88 Å². The van der Waals surface area contributed by atoms with Crippen molar-refractivity contribution in [3.8, 4) is 0 Å². The summed E-state index contributed by atoms with van der Waals surface area (Å²) in [5, 5.41) is 4.34. The lowest BCUT2D eigenvalue weighted by molar-refractivity contribution is -0.138. The fourth-order valence-electron chi connectivity index (χ4n) is 5.79. The molecule has 1 saturated carbocycles. The van der Waals surface area contributed by atoms with Gasteiger partial charge < -0.3 is 9.80 Å². The molecule has 0 spiro atoms. The predicted octanol–water partition coefficient (Wildman–Crippen LogP) is 6.23. The Balaban J connectivity index is 1.29. The van der Waals surface area contributed by atoms with E-state index >= 15 is 0 Å². The summed E-state index contributed by atoms with van der Waals surface area (Å²) in [4.78, 5) is 22.6. The highest BCUT2D eigenvalue weighted by Crippen LogP contribution is 2.42. The molecule has 1 aliphatic carbocycles. The van der Waals surface area contributed by atoms with Crippen LogP contribution >= 0.6 is 0 Å². The largest absolute Gasteiger partial charge is 0.418 e. The smallest absolute Gasteiger partial charge is 0.369 e. The maximum atomic E-state index is 15.0. The van der Waals surface area contributed by atoms with Crippen LogP contribution in [0.5, 0.6) is 0 Å². The minimum absolute atomic E-state index is 0.152. The number of halogens is 5. The number of hydrogen-bond acceptors (Lipinski definition) is 4. The second kappa shape index (κ2) is 10.0. The molecular weight excluding hydrogens is 531 g/mol. The molecule has 1 saturated heterocycles. The third kappa shape index (κ3) is 4.88. The molecule has 2 aliphatic heterocycles. The maximum absolute atomic E-state index is 15.0. The molecular formula is C28H29F5N6O. The number of pyridine rings is 1. The number of carbonyl (C=O) groups excluding carboxylic acids is 1. The monoisotopic (exact) mass is 560 g/mol. The summed E-state index contributed by atoms with van der Waals surface area (Å²) < 4.78 is 72.0. The number of alkyl halides is 4. The first-order valence-electron chi connectivity index (χ1n) is 13.4. The van der Waals surface area contributed by atoms with E-state index in [2.05, 4.69) is 10.1 Å². The number of fused-ring (bicyclic) bond motifs is 1. The number of hydrogen-bond donors (Lipinski definition) is 0. The van der Waals surface area contributed by atoms with Crippen LogP contribution in [0.15, 0.2) is 42.7 Å². The first kappa shape index (κ1) is 26.5. The number of rotatable bonds is 6. The van der Waals surface area contributed by atoms with Crippen molar-refractivity contribution in [2.24, 2.45) is 5.92 Å². The molecule has 2 aromatic heterocycles. The highest BCUT2D eigenvalue weighted by atomic mass is 19.4. The van der Waals surface area contributed by atoms with E-state index in [0.717, 1.165) is 24.5 Å². The van der Waals surface area contributed by atoms with Gasteiger partial charge in [0, 0.05) is 43.0 Å². The zero-order valence-electron chi connectivity index (χ0n) is 21.9. The zero-order chi connectivity index (χ0) is 28.2. The molecule has 0 N–H and O–H groups in total. The fourth-order valence-corrected chi connectivity index (χ4v) is 5.79. The fraction of sp³-hybridized carbons (Fsp3) is 0.464. The van der Waals surface area contributed by atoms with Crippen LogP contribution in [0.2, 0.25) is 0 Å². The number of para-hydroxylation sites is 1. The normalized spacial score (nSPS) is 19.2. The van der Waals surface area contributed by atoms with Crippen LogP contribution in [-0.4, -0.2) is 44.8 Å². The van der Waals surface area contributed by atoms with Gasteiger partial charge in [-0.25, -0.2) is 18.3 Å². The summed E-state index contributed by atoms with van der Waals surface area (Å²) in [7, 11) is 0. The first-order chi connectivity index (χ1) is 19.1. The van der Waals surface area contributed by atoms with Gasteiger partial charge in [-0.15, -0.1) is 0 Å². The molecule has 2 fully saturated rings. The summed E-state index contributed by atoms with van der Waals surface area (Å²) in [6.45, 7) is 2.58. The number of amides is 2. The third-order valence-corrected chi connectivity index (χ3v) is 8.04. The SMILES string of the molecule is Cc1cccc(F)c1N1CCC(N2Cc3cn(C(F)C4CC4)nc3N(Cc3ncccc3C(F)(F)F)C2=O)CC1. The molecule has 6 rings (SSSR count). The molecule has 0 bridgehead atoms. The Morgan fingerprint density at radius 3 is 2.50 bits per heavy atom. The van der Waals surface area contributed by atoms with Gasteiger partial charge in [-0.2, -0.15) is 18.3 Å². The van der Waals surface area contributed by atoms with Crippen LogP contribution in [0, 0.1) is 18.7 Å². The Morgan fingerprint density at radius 1 is 1.07 bits per heavy atom. The van der Waals surface area contributed by atoms with Gasteiger partial charge in [0.2, 0.25) is 0 Å². The Morgan fingerprint density at radius 2 is 1.82 bits per heavy atom. The molecule has 12 heteroatoms. The topological polar surface area (TPSA) is 57.5 Å². The Labute approximate surface area is 228 Å². The van der Waals surface area contributed by atoms with Crippen molar-refractivity contribution in [3.05, 3.63) is 70.9 Å². The summed E-state index contributed by atoms with van der Waals surface area (Å²) >= 11 is 0. The van der Waals surface area contributed by atoms with E-state index in [9.17, 15) is 26.7 Å². The Bertz CT molecular complexity index is 1390. The van der Waals surface area contributed by atoms with Gasteiger partial charge in [0.1, 0.15) is 5.82 Å². The molecule has 40 heavy (non-hydrogen) atoms. The molecule has 2 amide bonds. The molecule has 1 unspecified atom stereocenters. The van der Waals surface area contributed by atoms with E-state index in [1.54, 1.807) is 17.2 Å². The van der Waals surface area contributed by atoms with Crippen molar-refractivity contribution in [1.29, 1.82) is 0 Å². The van der Waals surface area contributed by atoms with Gasteiger partial charge in [0.25, 0.3) is 0 Å². The maximum Gasteiger partial charge on any atom is 0.418 e. The molecule has 3 aliphatic rings. The minimum atomic E-state index is -4.65. The Hall–Kier alpha value is -3.70. The van der Waals surface area contributed by atoms with Crippen molar-refractivity contribution >= 4 is 17.5 Å². The third-order valence-electron chi connectivity index (χ3n) is 8.04. The number of urea groups is 1. The zero-order valence-corrected chi connectivity index (χ0v) is 21.9. The predicted molar refractivity (Wildman–Crippen MR) is 138 cm³/mol. The van der Waals surface area contributed by atoms with E-state index in [1.165, 1.54) is 27.9 Å². The van der Waals surface area contributed by atoms with Crippen molar-refractivity contribution in [2.75, 3.05) is 22.9 Å². The van der Waals surface area contributed by atoms with Crippen LogP contribution < -0.4 is 9.80 Å². The van der Waals surface area contributed by atoms with Crippen LogP contribution in [0.3, 0.4) is 0 Å². The van der Waals surface area contributed by atoms with Gasteiger partial charge in [0.15, 0.2) is 12.1 Å². The van der Waals surface area contributed by atoms with E-state index in [4.69, 9.17) is 0 Å². The second-order valence-electron chi connectivity index (χ2n) is 10.8. The molecule has 4 heterocycles. The lowest BCUT2D eigenvalue weighted by Gasteiger charge is -2.43. The number of carbonyl (C=O) groups is 1. The molecule has 212 valence electrons. The van der Waals surface area contributed by atoms with Crippen molar-refractivity contribution in [1.82, 2.24) is 19.7 Å². The van der Waals surface area contributed by atoms with Gasteiger partial charge >= 0.3 is 12.2 Å². The van der Waals surface area contributed by atoms with E-state index < -0.39 is 30.6 Å². The van der Waals surface area contributed by atoms with Crippen LogP contribution in [0.4, 0.5) is 38.3 Å². The van der Waals surface area contributed by atoms with Crippen molar-refractivity contribution in [2.45, 2.75) is 64.2 Å². The minimum Gasteiger partial charge on any atom is -0.369 e. The number of aryl methyl sites for hydroxylation is 1. The van der Waals surface area contributed by atoms with Crippen molar-refractivity contribution in [3.63, 3.8) is 0 Å². The van der Waals surface area contributed by atoms with E-state index in [1.807, 2.05) is 17.9 Å².